The zero-order valence-electron chi connectivity index (χ0n) is 18.9. The van der Waals surface area contributed by atoms with E-state index in [0.29, 0.717) is 23.9 Å². The van der Waals surface area contributed by atoms with E-state index in [0.717, 1.165) is 41.5 Å². The number of pyridine rings is 1. The molecule has 0 bridgehead atoms. The normalized spacial score (nSPS) is 15.7. The van der Waals surface area contributed by atoms with Gasteiger partial charge in [-0.05, 0) is 54.5 Å². The quantitative estimate of drug-likeness (QED) is 0.527. The minimum atomic E-state index is -3.20. The maximum atomic E-state index is 11.8. The molecule has 2 aromatic rings. The van der Waals surface area contributed by atoms with Crippen molar-refractivity contribution in [2.45, 2.75) is 44.7 Å². The standard InChI is InChI=1S/C23H33N5O2S/c1-17-9-11-28(12-10-17)22-8-6-20(15-25-22)16-27-23(24-3)26-14-19-5-7-21(18(2)13-19)31(4,29)30/h5-8,13,15,17H,9-12,14,16H2,1-4H3,(H2,24,26,27). The highest BCUT2D eigenvalue weighted by Gasteiger charge is 2.16. The molecule has 2 heterocycles. The summed E-state index contributed by atoms with van der Waals surface area (Å²) in [5, 5.41) is 6.57. The van der Waals surface area contributed by atoms with E-state index in [4.69, 9.17) is 0 Å². The second kappa shape index (κ2) is 10.1. The summed E-state index contributed by atoms with van der Waals surface area (Å²) < 4.78 is 23.5. The number of aromatic nitrogens is 1. The van der Waals surface area contributed by atoms with Gasteiger partial charge in [-0.1, -0.05) is 25.1 Å². The molecule has 1 saturated heterocycles. The number of benzene rings is 1. The number of hydrogen-bond donors (Lipinski definition) is 2. The molecule has 1 aromatic carbocycles. The van der Waals surface area contributed by atoms with Gasteiger partial charge in [-0.3, -0.25) is 4.99 Å². The van der Waals surface area contributed by atoms with Crippen molar-refractivity contribution >= 4 is 21.6 Å². The number of nitrogens with one attached hydrogen (secondary N) is 2. The van der Waals surface area contributed by atoms with E-state index in [1.54, 1.807) is 13.1 Å². The van der Waals surface area contributed by atoms with Crippen LogP contribution in [0.5, 0.6) is 0 Å². The number of nitrogens with zero attached hydrogens (tertiary/aromatic N) is 3. The van der Waals surface area contributed by atoms with Crippen LogP contribution in [0.2, 0.25) is 0 Å². The summed E-state index contributed by atoms with van der Waals surface area (Å²) in [6, 6.07) is 9.58. The van der Waals surface area contributed by atoms with Crippen molar-refractivity contribution in [2.24, 2.45) is 10.9 Å². The van der Waals surface area contributed by atoms with Gasteiger partial charge in [0.1, 0.15) is 5.82 Å². The third-order valence-electron chi connectivity index (χ3n) is 5.70. The molecule has 0 aliphatic carbocycles. The number of aryl methyl sites for hydroxylation is 1. The molecule has 3 rings (SSSR count). The van der Waals surface area contributed by atoms with Crippen molar-refractivity contribution < 1.29 is 8.42 Å². The Morgan fingerprint density at radius 2 is 1.77 bits per heavy atom. The molecule has 1 aliphatic rings. The summed E-state index contributed by atoms with van der Waals surface area (Å²) in [7, 11) is -1.48. The van der Waals surface area contributed by atoms with Crippen molar-refractivity contribution in [3.63, 3.8) is 0 Å². The van der Waals surface area contributed by atoms with Crippen LogP contribution in [0.4, 0.5) is 5.82 Å². The Hall–Kier alpha value is -2.61. The van der Waals surface area contributed by atoms with Crippen LogP contribution in [0, 0.1) is 12.8 Å². The van der Waals surface area contributed by atoms with E-state index in [9.17, 15) is 8.42 Å². The Labute approximate surface area is 185 Å². The highest BCUT2D eigenvalue weighted by atomic mass is 32.2. The van der Waals surface area contributed by atoms with Gasteiger partial charge in [0.15, 0.2) is 15.8 Å². The summed E-state index contributed by atoms with van der Waals surface area (Å²) in [6.45, 7) is 7.45. The highest BCUT2D eigenvalue weighted by molar-refractivity contribution is 7.90. The van der Waals surface area contributed by atoms with Crippen LogP contribution in [-0.4, -0.2) is 45.8 Å². The first-order valence-corrected chi connectivity index (χ1v) is 12.6. The molecule has 0 atom stereocenters. The zero-order valence-corrected chi connectivity index (χ0v) is 19.7. The molecule has 8 heteroatoms. The van der Waals surface area contributed by atoms with Crippen LogP contribution in [0.1, 0.15) is 36.5 Å². The second-order valence-electron chi connectivity index (χ2n) is 8.35. The second-order valence-corrected chi connectivity index (χ2v) is 10.3. The van der Waals surface area contributed by atoms with Crippen LogP contribution < -0.4 is 15.5 Å². The fourth-order valence-corrected chi connectivity index (χ4v) is 4.73. The van der Waals surface area contributed by atoms with Gasteiger partial charge >= 0.3 is 0 Å². The molecule has 1 fully saturated rings. The first-order chi connectivity index (χ1) is 14.8. The molecule has 0 unspecified atom stereocenters. The first-order valence-electron chi connectivity index (χ1n) is 10.7. The van der Waals surface area contributed by atoms with Crippen LogP contribution in [0.25, 0.3) is 0 Å². The highest BCUT2D eigenvalue weighted by Crippen LogP contribution is 2.21. The van der Waals surface area contributed by atoms with E-state index < -0.39 is 9.84 Å². The lowest BCUT2D eigenvalue weighted by Crippen LogP contribution is -2.36. The predicted molar refractivity (Wildman–Crippen MR) is 126 cm³/mol. The summed E-state index contributed by atoms with van der Waals surface area (Å²) in [5.41, 5.74) is 2.83. The number of guanidine groups is 1. The molecule has 1 aliphatic heterocycles. The molecule has 7 nitrogen and oxygen atoms in total. The van der Waals surface area contributed by atoms with E-state index in [1.807, 2.05) is 25.3 Å². The third kappa shape index (κ3) is 6.43. The van der Waals surface area contributed by atoms with Crippen molar-refractivity contribution in [1.29, 1.82) is 0 Å². The Kier molecular flexibility index (Phi) is 7.54. The summed E-state index contributed by atoms with van der Waals surface area (Å²) in [4.78, 5) is 11.6. The van der Waals surface area contributed by atoms with Gasteiger partial charge in [0, 0.05) is 45.7 Å². The van der Waals surface area contributed by atoms with Gasteiger partial charge in [-0.25, -0.2) is 13.4 Å². The fraction of sp³-hybridized carbons (Fsp3) is 0.478. The lowest BCUT2D eigenvalue weighted by atomic mass is 9.99. The number of piperidine rings is 1. The van der Waals surface area contributed by atoms with Crippen LogP contribution >= 0.6 is 0 Å². The van der Waals surface area contributed by atoms with Crippen molar-refractivity contribution in [3.05, 3.63) is 53.2 Å². The molecule has 0 saturated carbocycles. The van der Waals surface area contributed by atoms with Crippen molar-refractivity contribution in [3.8, 4) is 0 Å². The number of sulfone groups is 1. The summed E-state index contributed by atoms with van der Waals surface area (Å²) >= 11 is 0. The fourth-order valence-electron chi connectivity index (χ4n) is 3.78. The number of hydrogen-bond acceptors (Lipinski definition) is 5. The SMILES string of the molecule is CN=C(NCc1ccc(N2CCC(C)CC2)nc1)NCc1ccc(S(C)(=O)=O)c(C)c1. The first kappa shape index (κ1) is 23.1. The third-order valence-corrected chi connectivity index (χ3v) is 6.96. The molecule has 31 heavy (non-hydrogen) atoms. The summed E-state index contributed by atoms with van der Waals surface area (Å²) in [5.74, 6) is 2.53. The van der Waals surface area contributed by atoms with Crippen LogP contribution in [0.3, 0.4) is 0 Å². The molecule has 0 amide bonds. The van der Waals surface area contributed by atoms with Crippen LogP contribution in [-0.2, 0) is 22.9 Å². The number of anilines is 1. The minimum absolute atomic E-state index is 0.369. The monoisotopic (exact) mass is 443 g/mol. The smallest absolute Gasteiger partial charge is 0.191 e. The zero-order chi connectivity index (χ0) is 22.4. The van der Waals surface area contributed by atoms with E-state index >= 15 is 0 Å². The molecule has 2 N–H and O–H groups in total. The molecule has 168 valence electrons. The van der Waals surface area contributed by atoms with E-state index in [2.05, 4.69) is 44.6 Å². The molecule has 0 radical (unpaired) electrons. The Morgan fingerprint density at radius 3 is 2.32 bits per heavy atom. The minimum Gasteiger partial charge on any atom is -0.357 e. The number of aliphatic imine (C=N–C) groups is 1. The average Bonchev–Trinajstić information content (AvgIpc) is 2.74. The van der Waals surface area contributed by atoms with Crippen molar-refractivity contribution in [1.82, 2.24) is 15.6 Å². The molecular formula is C23H33N5O2S. The topological polar surface area (TPSA) is 86.7 Å². The Balaban J connectivity index is 1.51. The van der Waals surface area contributed by atoms with Crippen LogP contribution in [0.15, 0.2) is 46.4 Å². The molecule has 1 aromatic heterocycles. The maximum Gasteiger partial charge on any atom is 0.191 e. The van der Waals surface area contributed by atoms with Gasteiger partial charge in [-0.15, -0.1) is 0 Å². The van der Waals surface area contributed by atoms with E-state index in [-0.39, 0.29) is 0 Å². The van der Waals surface area contributed by atoms with E-state index in [1.165, 1.54) is 19.1 Å². The van der Waals surface area contributed by atoms with Gasteiger partial charge in [-0.2, -0.15) is 0 Å². The average molecular weight is 444 g/mol. The van der Waals surface area contributed by atoms with Gasteiger partial charge < -0.3 is 15.5 Å². The largest absolute Gasteiger partial charge is 0.357 e. The molecular weight excluding hydrogens is 410 g/mol. The summed E-state index contributed by atoms with van der Waals surface area (Å²) in [6.07, 6.45) is 5.60. The molecule has 0 spiro atoms. The Morgan fingerprint density at radius 1 is 1.13 bits per heavy atom. The lowest BCUT2D eigenvalue weighted by molar-refractivity contribution is 0.436. The van der Waals surface area contributed by atoms with Gasteiger partial charge in [0.2, 0.25) is 0 Å². The Bertz CT molecular complexity index is 1010. The maximum absolute atomic E-state index is 11.8. The van der Waals surface area contributed by atoms with Gasteiger partial charge in [0.25, 0.3) is 0 Å². The lowest BCUT2D eigenvalue weighted by Gasteiger charge is -2.31. The van der Waals surface area contributed by atoms with Crippen molar-refractivity contribution in [2.75, 3.05) is 31.3 Å². The van der Waals surface area contributed by atoms with Gasteiger partial charge in [0.05, 0.1) is 4.90 Å². The predicted octanol–water partition coefficient (Wildman–Crippen LogP) is 2.90. The number of rotatable bonds is 6.